The van der Waals surface area contributed by atoms with Crippen molar-refractivity contribution in [3.8, 4) is 0 Å². The zero-order chi connectivity index (χ0) is 6.69. The van der Waals surface area contributed by atoms with Crippen molar-refractivity contribution in [3.05, 3.63) is 0 Å². The maximum Gasteiger partial charge on any atom is 0.159 e. The Hall–Kier alpha value is -0.120. The molecule has 0 aromatic heterocycles. The van der Waals surface area contributed by atoms with Crippen LogP contribution in [0, 0.1) is 0 Å². The van der Waals surface area contributed by atoms with Gasteiger partial charge in [0.15, 0.2) is 6.29 Å². The minimum atomic E-state index is -0.0463. The lowest BCUT2D eigenvalue weighted by atomic mass is 10.3. The summed E-state index contributed by atoms with van der Waals surface area (Å²) in [6, 6.07) is 0. The van der Waals surface area contributed by atoms with Gasteiger partial charge in [0.1, 0.15) is 0 Å². The lowest BCUT2D eigenvalue weighted by Crippen LogP contribution is -2.10. The third-order valence-electron chi connectivity index (χ3n) is 1.52. The van der Waals surface area contributed by atoms with Crippen LogP contribution >= 0.6 is 0 Å². The van der Waals surface area contributed by atoms with Crippen molar-refractivity contribution in [3.63, 3.8) is 0 Å². The van der Waals surface area contributed by atoms with Crippen LogP contribution in [-0.4, -0.2) is 33.2 Å². The number of methoxy groups -OCH3 is 2. The zero-order valence-electron chi connectivity index (χ0n) is 5.79. The lowest BCUT2D eigenvalue weighted by Gasteiger charge is -2.04. The predicted octanol–water partition coefficient (Wildman–Crippen LogP) is 0.394. The van der Waals surface area contributed by atoms with Crippen molar-refractivity contribution < 1.29 is 14.2 Å². The molecule has 1 aliphatic heterocycles. The smallest absolute Gasteiger partial charge is 0.159 e. The maximum atomic E-state index is 5.16. The second-order valence-electron chi connectivity index (χ2n) is 2.09. The molecular formula is C6H12O3. The second kappa shape index (κ2) is 3.15. The van der Waals surface area contributed by atoms with Gasteiger partial charge in [-0.15, -0.1) is 0 Å². The van der Waals surface area contributed by atoms with Gasteiger partial charge in [0.05, 0.1) is 12.7 Å². The van der Waals surface area contributed by atoms with E-state index in [0.29, 0.717) is 6.61 Å². The molecule has 1 fully saturated rings. The fraction of sp³-hybridized carbons (Fsp3) is 1.00. The number of hydrogen-bond acceptors (Lipinski definition) is 3. The van der Waals surface area contributed by atoms with Crippen molar-refractivity contribution in [1.82, 2.24) is 0 Å². The summed E-state index contributed by atoms with van der Waals surface area (Å²) >= 11 is 0. The molecule has 2 unspecified atom stereocenters. The molecule has 3 heteroatoms. The van der Waals surface area contributed by atoms with Gasteiger partial charge in [0.25, 0.3) is 0 Å². The molecule has 54 valence electrons. The molecule has 0 radical (unpaired) electrons. The third kappa shape index (κ3) is 1.64. The van der Waals surface area contributed by atoms with Gasteiger partial charge in [-0.3, -0.25) is 0 Å². The van der Waals surface area contributed by atoms with Gasteiger partial charge >= 0.3 is 0 Å². The van der Waals surface area contributed by atoms with E-state index in [0.717, 1.165) is 6.42 Å². The Morgan fingerprint density at radius 3 is 2.44 bits per heavy atom. The van der Waals surface area contributed by atoms with Gasteiger partial charge in [-0.1, -0.05) is 0 Å². The summed E-state index contributed by atoms with van der Waals surface area (Å²) in [4.78, 5) is 0. The first-order valence-electron chi connectivity index (χ1n) is 3.04. The fourth-order valence-electron chi connectivity index (χ4n) is 0.894. The van der Waals surface area contributed by atoms with Crippen molar-refractivity contribution in [2.24, 2.45) is 0 Å². The second-order valence-corrected chi connectivity index (χ2v) is 2.09. The van der Waals surface area contributed by atoms with E-state index in [1.807, 2.05) is 0 Å². The van der Waals surface area contributed by atoms with Crippen LogP contribution in [0.15, 0.2) is 0 Å². The Morgan fingerprint density at radius 2 is 2.11 bits per heavy atom. The summed E-state index contributed by atoms with van der Waals surface area (Å²) in [5.74, 6) is 0. The molecule has 2 atom stereocenters. The van der Waals surface area contributed by atoms with Crippen LogP contribution in [0.2, 0.25) is 0 Å². The molecule has 1 saturated heterocycles. The van der Waals surface area contributed by atoms with Gasteiger partial charge < -0.3 is 14.2 Å². The highest BCUT2D eigenvalue weighted by Gasteiger charge is 2.24. The van der Waals surface area contributed by atoms with E-state index >= 15 is 0 Å². The minimum absolute atomic E-state index is 0.0463. The summed E-state index contributed by atoms with van der Waals surface area (Å²) in [7, 11) is 3.33. The summed E-state index contributed by atoms with van der Waals surface area (Å²) in [6.07, 6.45) is 1.04. The van der Waals surface area contributed by atoms with Gasteiger partial charge in [-0.25, -0.2) is 0 Å². The van der Waals surface area contributed by atoms with Crippen molar-refractivity contribution in [2.45, 2.75) is 18.8 Å². The van der Waals surface area contributed by atoms with Crippen LogP contribution in [0.1, 0.15) is 6.42 Å². The Bertz CT molecular complexity index is 74.4. The highest BCUT2D eigenvalue weighted by atomic mass is 16.7. The molecule has 0 aliphatic carbocycles. The lowest BCUT2D eigenvalue weighted by molar-refractivity contribution is -0.0883. The van der Waals surface area contributed by atoms with E-state index in [-0.39, 0.29) is 12.4 Å². The van der Waals surface area contributed by atoms with E-state index in [4.69, 9.17) is 14.2 Å². The third-order valence-corrected chi connectivity index (χ3v) is 1.52. The summed E-state index contributed by atoms with van der Waals surface area (Å²) < 4.78 is 15.1. The van der Waals surface area contributed by atoms with Crippen molar-refractivity contribution in [2.75, 3.05) is 20.8 Å². The Balaban J connectivity index is 2.20. The molecular weight excluding hydrogens is 120 g/mol. The number of ether oxygens (including phenoxy) is 3. The maximum absolute atomic E-state index is 5.16. The van der Waals surface area contributed by atoms with E-state index in [2.05, 4.69) is 0 Å². The fourth-order valence-corrected chi connectivity index (χ4v) is 0.894. The standard InChI is InChI=1S/C6H12O3/c1-7-5-3-6(8-2)9-4-5/h5-6H,3-4H2,1-2H3. The van der Waals surface area contributed by atoms with Crippen molar-refractivity contribution >= 4 is 0 Å². The van der Waals surface area contributed by atoms with Crippen LogP contribution in [0.5, 0.6) is 0 Å². The Kier molecular flexibility index (Phi) is 2.45. The topological polar surface area (TPSA) is 27.7 Å². The number of hydrogen-bond donors (Lipinski definition) is 0. The van der Waals surface area contributed by atoms with Crippen molar-refractivity contribution in [1.29, 1.82) is 0 Å². The minimum Gasteiger partial charge on any atom is -0.379 e. The highest BCUT2D eigenvalue weighted by molar-refractivity contribution is 4.66. The van der Waals surface area contributed by atoms with Crippen LogP contribution < -0.4 is 0 Å². The van der Waals surface area contributed by atoms with Crippen LogP contribution in [0.4, 0.5) is 0 Å². The van der Waals surface area contributed by atoms with Crippen LogP contribution in [0.3, 0.4) is 0 Å². The van der Waals surface area contributed by atoms with Crippen LogP contribution in [0.25, 0.3) is 0 Å². The first kappa shape index (κ1) is 6.99. The van der Waals surface area contributed by atoms with Gasteiger partial charge in [0.2, 0.25) is 0 Å². The average Bonchev–Trinajstić information content (AvgIpc) is 2.34. The molecule has 0 saturated carbocycles. The normalized spacial score (nSPS) is 35.3. The SMILES string of the molecule is COC1COC(OC)C1. The van der Waals surface area contributed by atoms with Gasteiger partial charge in [-0.2, -0.15) is 0 Å². The first-order valence-corrected chi connectivity index (χ1v) is 3.04. The number of rotatable bonds is 2. The Labute approximate surface area is 54.9 Å². The predicted molar refractivity (Wildman–Crippen MR) is 32.2 cm³/mol. The van der Waals surface area contributed by atoms with E-state index in [1.165, 1.54) is 0 Å². The summed E-state index contributed by atoms with van der Waals surface area (Å²) in [5.41, 5.74) is 0. The van der Waals surface area contributed by atoms with E-state index in [9.17, 15) is 0 Å². The summed E-state index contributed by atoms with van der Waals surface area (Å²) in [6.45, 7) is 0.662. The molecule has 3 nitrogen and oxygen atoms in total. The van der Waals surface area contributed by atoms with Gasteiger partial charge in [0, 0.05) is 20.6 Å². The monoisotopic (exact) mass is 132 g/mol. The molecule has 0 aromatic carbocycles. The summed E-state index contributed by atoms with van der Waals surface area (Å²) in [5, 5.41) is 0. The molecule has 0 N–H and O–H groups in total. The molecule has 0 aromatic rings. The van der Waals surface area contributed by atoms with E-state index in [1.54, 1.807) is 14.2 Å². The first-order chi connectivity index (χ1) is 4.36. The molecule has 1 heterocycles. The quantitative estimate of drug-likeness (QED) is 0.544. The van der Waals surface area contributed by atoms with Gasteiger partial charge in [-0.05, 0) is 0 Å². The molecule has 1 rings (SSSR count). The highest BCUT2D eigenvalue weighted by Crippen LogP contribution is 2.15. The molecule has 1 aliphatic rings. The Morgan fingerprint density at radius 1 is 1.33 bits per heavy atom. The molecule has 0 amide bonds. The largest absolute Gasteiger partial charge is 0.379 e. The molecule has 9 heavy (non-hydrogen) atoms. The van der Waals surface area contributed by atoms with E-state index < -0.39 is 0 Å². The van der Waals surface area contributed by atoms with Crippen LogP contribution in [-0.2, 0) is 14.2 Å². The molecule has 0 bridgehead atoms. The molecule has 0 spiro atoms. The zero-order valence-corrected chi connectivity index (χ0v) is 5.79. The average molecular weight is 132 g/mol.